The van der Waals surface area contributed by atoms with E-state index in [1.54, 1.807) is 0 Å². The first-order valence-electron chi connectivity index (χ1n) is 25.4. The van der Waals surface area contributed by atoms with Gasteiger partial charge in [-0.3, -0.25) is 14.4 Å². The second-order valence-electron chi connectivity index (χ2n) is 16.8. The van der Waals surface area contributed by atoms with Crippen LogP contribution in [0.2, 0.25) is 0 Å². The standard InChI is InChI=1S/C54H94O6/c1-4-7-10-13-16-19-22-25-27-30-32-35-38-41-44-47-53(56)59-50-51(49-58-52(55)46-43-40-37-34-31-28-24-21-18-15-12-9-6-3)60-54(57)48-45-42-39-36-33-29-26-23-20-17-14-11-8-5-2/h9,12,15,18,21,24,28,31,34,37,51H,4-8,10-11,13-14,16-17,19-20,22-23,25-27,29-30,32-33,35-36,38-50H2,1-3H3/b12-9-,18-15-,24-21-,31-28-,37-34-. The molecule has 1 atom stereocenters. The highest BCUT2D eigenvalue weighted by Gasteiger charge is 2.19. The highest BCUT2D eigenvalue weighted by Crippen LogP contribution is 2.16. The maximum absolute atomic E-state index is 12.8. The van der Waals surface area contributed by atoms with Gasteiger partial charge in [-0.05, 0) is 32.1 Å². The summed E-state index contributed by atoms with van der Waals surface area (Å²) in [7, 11) is 0. The minimum absolute atomic E-state index is 0.0932. The second kappa shape index (κ2) is 48.8. The summed E-state index contributed by atoms with van der Waals surface area (Å²) in [6.45, 7) is 6.44. The first-order valence-corrected chi connectivity index (χ1v) is 25.4. The predicted molar refractivity (Wildman–Crippen MR) is 256 cm³/mol. The number of ether oxygens (including phenoxy) is 3. The van der Waals surface area contributed by atoms with Crippen molar-refractivity contribution in [3.63, 3.8) is 0 Å². The fourth-order valence-corrected chi connectivity index (χ4v) is 7.12. The normalized spacial score (nSPS) is 12.5. The van der Waals surface area contributed by atoms with Gasteiger partial charge in [-0.25, -0.2) is 0 Å². The molecule has 0 bridgehead atoms. The third kappa shape index (κ3) is 46.2. The molecule has 346 valence electrons. The van der Waals surface area contributed by atoms with Crippen LogP contribution in [0, 0.1) is 0 Å². The van der Waals surface area contributed by atoms with Crippen molar-refractivity contribution in [3.8, 4) is 0 Å². The Morgan fingerprint density at radius 1 is 0.350 bits per heavy atom. The van der Waals surface area contributed by atoms with E-state index in [-0.39, 0.29) is 37.5 Å². The molecule has 0 aliphatic heterocycles. The molecule has 6 heteroatoms. The summed E-state index contributed by atoms with van der Waals surface area (Å²) in [5, 5.41) is 0. The average Bonchev–Trinajstić information content (AvgIpc) is 3.24. The van der Waals surface area contributed by atoms with Crippen LogP contribution in [0.15, 0.2) is 60.8 Å². The number of unbranched alkanes of at least 4 members (excludes halogenated alkanes) is 28. The lowest BCUT2D eigenvalue weighted by atomic mass is 10.0. The molecule has 0 radical (unpaired) electrons. The zero-order chi connectivity index (χ0) is 43.7. The molecule has 0 saturated heterocycles. The fourth-order valence-electron chi connectivity index (χ4n) is 7.12. The van der Waals surface area contributed by atoms with Gasteiger partial charge < -0.3 is 14.2 Å². The van der Waals surface area contributed by atoms with E-state index in [9.17, 15) is 14.4 Å². The van der Waals surface area contributed by atoms with E-state index in [0.29, 0.717) is 19.3 Å². The number of hydrogen-bond acceptors (Lipinski definition) is 6. The van der Waals surface area contributed by atoms with Crippen LogP contribution in [-0.4, -0.2) is 37.2 Å². The van der Waals surface area contributed by atoms with E-state index in [1.165, 1.54) is 148 Å². The Morgan fingerprint density at radius 3 is 1.02 bits per heavy atom. The number of rotatable bonds is 45. The van der Waals surface area contributed by atoms with Crippen LogP contribution < -0.4 is 0 Å². The van der Waals surface area contributed by atoms with Gasteiger partial charge in [0, 0.05) is 19.3 Å². The van der Waals surface area contributed by atoms with Gasteiger partial charge in [0.25, 0.3) is 0 Å². The Balaban J connectivity index is 4.44. The van der Waals surface area contributed by atoms with E-state index in [4.69, 9.17) is 14.2 Å². The zero-order valence-corrected chi connectivity index (χ0v) is 39.5. The highest BCUT2D eigenvalue weighted by atomic mass is 16.6. The number of esters is 3. The Labute approximate surface area is 370 Å². The lowest BCUT2D eigenvalue weighted by Gasteiger charge is -2.18. The smallest absolute Gasteiger partial charge is 0.306 e. The lowest BCUT2D eigenvalue weighted by molar-refractivity contribution is -0.167. The lowest BCUT2D eigenvalue weighted by Crippen LogP contribution is -2.30. The van der Waals surface area contributed by atoms with Crippen LogP contribution in [-0.2, 0) is 28.6 Å². The van der Waals surface area contributed by atoms with E-state index in [0.717, 1.165) is 51.4 Å². The van der Waals surface area contributed by atoms with E-state index >= 15 is 0 Å². The van der Waals surface area contributed by atoms with Crippen molar-refractivity contribution >= 4 is 17.9 Å². The fraction of sp³-hybridized carbons (Fsp3) is 0.759. The molecule has 0 N–H and O–H groups in total. The molecule has 1 unspecified atom stereocenters. The molecule has 0 spiro atoms. The summed E-state index contributed by atoms with van der Waals surface area (Å²) in [5.74, 6) is -0.963. The SMILES string of the molecule is CC\C=C/C=C\C=C/C=C\C=C/CCCC(=O)OCC(COC(=O)CCCCCCCCCCCCCCCCC)OC(=O)CCCCCCCCCCCCCCCC. The van der Waals surface area contributed by atoms with E-state index in [1.807, 2.05) is 54.7 Å². The van der Waals surface area contributed by atoms with E-state index < -0.39 is 6.10 Å². The number of allylic oxidation sites excluding steroid dienone is 10. The number of hydrogen-bond donors (Lipinski definition) is 0. The van der Waals surface area contributed by atoms with Crippen LogP contribution in [0.5, 0.6) is 0 Å². The summed E-state index contributed by atoms with van der Waals surface area (Å²) in [4.78, 5) is 37.9. The van der Waals surface area contributed by atoms with Gasteiger partial charge in [0.1, 0.15) is 13.2 Å². The molecule has 6 nitrogen and oxygen atoms in total. The third-order valence-electron chi connectivity index (χ3n) is 10.9. The monoisotopic (exact) mass is 839 g/mol. The molecule has 0 aromatic heterocycles. The van der Waals surface area contributed by atoms with Gasteiger partial charge in [0.15, 0.2) is 6.10 Å². The van der Waals surface area contributed by atoms with Gasteiger partial charge in [0.2, 0.25) is 0 Å². The molecular formula is C54H94O6. The molecule has 0 fully saturated rings. The van der Waals surface area contributed by atoms with Crippen molar-refractivity contribution in [3.05, 3.63) is 60.8 Å². The van der Waals surface area contributed by atoms with Crippen LogP contribution in [0.3, 0.4) is 0 Å². The summed E-state index contributed by atoms with van der Waals surface area (Å²) in [5.41, 5.74) is 0. The van der Waals surface area contributed by atoms with Gasteiger partial charge in [-0.15, -0.1) is 0 Å². The molecule has 0 saturated carbocycles. The number of carbonyl (C=O) groups is 3. The van der Waals surface area contributed by atoms with Crippen molar-refractivity contribution < 1.29 is 28.6 Å². The van der Waals surface area contributed by atoms with Gasteiger partial charge in [-0.2, -0.15) is 0 Å². The van der Waals surface area contributed by atoms with Gasteiger partial charge in [0.05, 0.1) is 0 Å². The minimum atomic E-state index is -0.797. The summed E-state index contributed by atoms with van der Waals surface area (Å²) in [6.07, 6.45) is 59.2. The van der Waals surface area contributed by atoms with Crippen LogP contribution in [0.1, 0.15) is 245 Å². The molecule has 0 aromatic rings. The van der Waals surface area contributed by atoms with E-state index in [2.05, 4.69) is 26.8 Å². The molecular weight excluding hydrogens is 745 g/mol. The van der Waals surface area contributed by atoms with Crippen molar-refractivity contribution in [2.24, 2.45) is 0 Å². The maximum Gasteiger partial charge on any atom is 0.306 e. The molecule has 0 aliphatic carbocycles. The summed E-state index contributed by atoms with van der Waals surface area (Å²) in [6, 6.07) is 0. The second-order valence-corrected chi connectivity index (χ2v) is 16.8. The van der Waals surface area contributed by atoms with Crippen LogP contribution in [0.25, 0.3) is 0 Å². The summed E-state index contributed by atoms with van der Waals surface area (Å²) >= 11 is 0. The van der Waals surface area contributed by atoms with Crippen molar-refractivity contribution in [2.45, 2.75) is 252 Å². The van der Waals surface area contributed by atoms with Crippen molar-refractivity contribution in [2.75, 3.05) is 13.2 Å². The van der Waals surface area contributed by atoms with Crippen LogP contribution in [0.4, 0.5) is 0 Å². The Morgan fingerprint density at radius 2 is 0.650 bits per heavy atom. The molecule has 0 heterocycles. The first-order chi connectivity index (χ1) is 29.5. The minimum Gasteiger partial charge on any atom is -0.462 e. The predicted octanol–water partition coefficient (Wildman–Crippen LogP) is 16.5. The number of carbonyl (C=O) groups excluding carboxylic acids is 3. The summed E-state index contributed by atoms with van der Waals surface area (Å²) < 4.78 is 16.7. The highest BCUT2D eigenvalue weighted by molar-refractivity contribution is 5.71. The molecule has 60 heavy (non-hydrogen) atoms. The molecule has 0 amide bonds. The largest absolute Gasteiger partial charge is 0.462 e. The first kappa shape index (κ1) is 57.1. The van der Waals surface area contributed by atoms with Gasteiger partial charge >= 0.3 is 17.9 Å². The van der Waals surface area contributed by atoms with Crippen molar-refractivity contribution in [1.29, 1.82) is 0 Å². The molecule has 0 aliphatic rings. The topological polar surface area (TPSA) is 78.9 Å². The van der Waals surface area contributed by atoms with Crippen molar-refractivity contribution in [1.82, 2.24) is 0 Å². The molecule has 0 aromatic carbocycles. The Hall–Kier alpha value is -2.89. The average molecular weight is 839 g/mol. The zero-order valence-electron chi connectivity index (χ0n) is 39.5. The van der Waals surface area contributed by atoms with Crippen LogP contribution >= 0.6 is 0 Å². The maximum atomic E-state index is 12.8. The molecule has 0 rings (SSSR count). The van der Waals surface area contributed by atoms with Gasteiger partial charge in [-0.1, -0.05) is 255 Å². The Bertz CT molecular complexity index is 1100. The third-order valence-corrected chi connectivity index (χ3v) is 10.9. The quantitative estimate of drug-likeness (QED) is 0.0263. The Kier molecular flexibility index (Phi) is 46.4.